The number of nitrogens with two attached hydrogens (primary N) is 1. The van der Waals surface area contributed by atoms with Gasteiger partial charge >= 0.3 is 0 Å². The molecule has 0 aliphatic carbocycles. The SMILES string of the molecule is CC1C(N)CCN(c2cc(F)cc(Cl)c2)C1C. The van der Waals surface area contributed by atoms with Crippen LogP contribution in [0.15, 0.2) is 18.2 Å². The molecular formula is C13H18ClFN2. The van der Waals surface area contributed by atoms with E-state index in [4.69, 9.17) is 17.3 Å². The maximum atomic E-state index is 13.3. The third kappa shape index (κ3) is 2.55. The minimum atomic E-state index is -0.290. The van der Waals surface area contributed by atoms with Crippen molar-refractivity contribution in [2.45, 2.75) is 32.4 Å². The van der Waals surface area contributed by atoms with E-state index in [9.17, 15) is 4.39 Å². The van der Waals surface area contributed by atoms with E-state index in [0.29, 0.717) is 17.0 Å². The summed E-state index contributed by atoms with van der Waals surface area (Å²) in [5, 5.41) is 0.440. The van der Waals surface area contributed by atoms with Gasteiger partial charge < -0.3 is 10.6 Å². The van der Waals surface area contributed by atoms with Gasteiger partial charge in [-0.1, -0.05) is 18.5 Å². The molecule has 1 aromatic rings. The Morgan fingerprint density at radius 2 is 2.06 bits per heavy atom. The molecule has 0 spiro atoms. The number of nitrogens with zero attached hydrogens (tertiary/aromatic N) is 1. The largest absolute Gasteiger partial charge is 0.368 e. The van der Waals surface area contributed by atoms with Gasteiger partial charge in [0, 0.05) is 29.3 Å². The smallest absolute Gasteiger partial charge is 0.126 e. The molecule has 17 heavy (non-hydrogen) atoms. The normalized spacial score (nSPS) is 29.5. The van der Waals surface area contributed by atoms with Crippen molar-refractivity contribution in [1.82, 2.24) is 0 Å². The van der Waals surface area contributed by atoms with Crippen molar-refractivity contribution < 1.29 is 4.39 Å². The number of anilines is 1. The molecule has 1 heterocycles. The van der Waals surface area contributed by atoms with Crippen LogP contribution in [-0.2, 0) is 0 Å². The minimum Gasteiger partial charge on any atom is -0.368 e. The number of halogens is 2. The summed E-state index contributed by atoms with van der Waals surface area (Å²) < 4.78 is 13.3. The molecule has 0 bridgehead atoms. The summed E-state index contributed by atoms with van der Waals surface area (Å²) >= 11 is 5.89. The Hall–Kier alpha value is -0.800. The number of rotatable bonds is 1. The number of hydrogen-bond acceptors (Lipinski definition) is 2. The average molecular weight is 257 g/mol. The lowest BCUT2D eigenvalue weighted by molar-refractivity contribution is 0.315. The highest BCUT2D eigenvalue weighted by atomic mass is 35.5. The fourth-order valence-corrected chi connectivity index (χ4v) is 2.68. The van der Waals surface area contributed by atoms with Gasteiger partial charge in [-0.3, -0.25) is 0 Å². The minimum absolute atomic E-state index is 0.227. The molecular weight excluding hydrogens is 239 g/mol. The van der Waals surface area contributed by atoms with Crippen molar-refractivity contribution in [2.24, 2.45) is 11.7 Å². The van der Waals surface area contributed by atoms with Gasteiger partial charge in [0.25, 0.3) is 0 Å². The summed E-state index contributed by atoms with van der Waals surface area (Å²) in [7, 11) is 0. The first-order valence-electron chi connectivity index (χ1n) is 5.97. The van der Waals surface area contributed by atoms with E-state index >= 15 is 0 Å². The fourth-order valence-electron chi connectivity index (χ4n) is 2.47. The lowest BCUT2D eigenvalue weighted by atomic mass is 9.87. The second-order valence-electron chi connectivity index (χ2n) is 4.87. The predicted octanol–water partition coefficient (Wildman–Crippen LogP) is 3.04. The molecule has 3 atom stereocenters. The van der Waals surface area contributed by atoms with Gasteiger partial charge in [-0.25, -0.2) is 4.39 Å². The Labute approximate surface area is 107 Å². The first kappa shape index (κ1) is 12.7. The highest BCUT2D eigenvalue weighted by Gasteiger charge is 2.30. The first-order chi connectivity index (χ1) is 7.99. The second kappa shape index (κ2) is 4.83. The van der Waals surface area contributed by atoms with Gasteiger partial charge in [0.15, 0.2) is 0 Å². The molecule has 2 rings (SSSR count). The van der Waals surface area contributed by atoms with E-state index in [1.165, 1.54) is 12.1 Å². The van der Waals surface area contributed by atoms with Crippen molar-refractivity contribution in [2.75, 3.05) is 11.4 Å². The average Bonchev–Trinajstić information content (AvgIpc) is 2.24. The Morgan fingerprint density at radius 3 is 2.71 bits per heavy atom. The van der Waals surface area contributed by atoms with Crippen LogP contribution in [0.5, 0.6) is 0 Å². The molecule has 1 saturated heterocycles. The van der Waals surface area contributed by atoms with E-state index in [0.717, 1.165) is 18.7 Å². The van der Waals surface area contributed by atoms with Gasteiger partial charge in [0.1, 0.15) is 5.82 Å². The van der Waals surface area contributed by atoms with Gasteiger partial charge in [0.05, 0.1) is 0 Å². The van der Waals surface area contributed by atoms with Crippen molar-refractivity contribution in [1.29, 1.82) is 0 Å². The Kier molecular flexibility index (Phi) is 3.59. The topological polar surface area (TPSA) is 29.3 Å². The van der Waals surface area contributed by atoms with Crippen LogP contribution >= 0.6 is 11.6 Å². The molecule has 2 nitrogen and oxygen atoms in total. The van der Waals surface area contributed by atoms with Gasteiger partial charge in [-0.05, 0) is 37.5 Å². The van der Waals surface area contributed by atoms with Crippen LogP contribution < -0.4 is 10.6 Å². The highest BCUT2D eigenvalue weighted by Crippen LogP contribution is 2.30. The Bertz CT molecular complexity index is 390. The summed E-state index contributed by atoms with van der Waals surface area (Å²) in [6.07, 6.45) is 0.930. The van der Waals surface area contributed by atoms with Crippen molar-refractivity contribution in [3.63, 3.8) is 0 Å². The molecule has 1 aromatic carbocycles. The number of benzene rings is 1. The molecule has 4 heteroatoms. The Balaban J connectivity index is 2.27. The molecule has 0 saturated carbocycles. The summed E-state index contributed by atoms with van der Waals surface area (Å²) in [5.74, 6) is 0.105. The van der Waals surface area contributed by atoms with Crippen LogP contribution in [-0.4, -0.2) is 18.6 Å². The third-order valence-electron chi connectivity index (χ3n) is 3.81. The lowest BCUT2D eigenvalue weighted by Gasteiger charge is -2.42. The standard InChI is InChI=1S/C13H18ClFN2/c1-8-9(2)17(4-3-13(8)16)12-6-10(14)5-11(15)7-12/h5-9,13H,3-4,16H2,1-2H3. The van der Waals surface area contributed by atoms with E-state index in [1.54, 1.807) is 0 Å². The van der Waals surface area contributed by atoms with Crippen LogP contribution in [0.2, 0.25) is 5.02 Å². The second-order valence-corrected chi connectivity index (χ2v) is 5.31. The van der Waals surface area contributed by atoms with Crippen LogP contribution in [0, 0.1) is 11.7 Å². The van der Waals surface area contributed by atoms with Crippen LogP contribution in [0.25, 0.3) is 0 Å². The molecule has 1 fully saturated rings. The summed E-state index contributed by atoms with van der Waals surface area (Å²) in [6, 6.07) is 5.20. The zero-order chi connectivity index (χ0) is 12.6. The highest BCUT2D eigenvalue weighted by molar-refractivity contribution is 6.30. The summed E-state index contributed by atoms with van der Waals surface area (Å²) in [6.45, 7) is 5.12. The zero-order valence-electron chi connectivity index (χ0n) is 10.2. The summed E-state index contributed by atoms with van der Waals surface area (Å²) in [5.41, 5.74) is 6.89. The van der Waals surface area contributed by atoms with Crippen molar-refractivity contribution >= 4 is 17.3 Å². The fraction of sp³-hybridized carbons (Fsp3) is 0.538. The van der Waals surface area contributed by atoms with Crippen molar-refractivity contribution in [3.05, 3.63) is 29.0 Å². The summed E-state index contributed by atoms with van der Waals surface area (Å²) in [4.78, 5) is 2.18. The molecule has 1 aliphatic rings. The van der Waals surface area contributed by atoms with Crippen LogP contribution in [0.4, 0.5) is 10.1 Å². The molecule has 0 radical (unpaired) electrons. The van der Waals surface area contributed by atoms with Crippen molar-refractivity contribution in [3.8, 4) is 0 Å². The first-order valence-corrected chi connectivity index (χ1v) is 6.35. The quantitative estimate of drug-likeness (QED) is 0.837. The molecule has 2 N–H and O–H groups in total. The van der Waals surface area contributed by atoms with Crippen LogP contribution in [0.1, 0.15) is 20.3 Å². The van der Waals surface area contributed by atoms with Gasteiger partial charge in [-0.2, -0.15) is 0 Å². The molecule has 0 amide bonds. The Morgan fingerprint density at radius 1 is 1.35 bits per heavy atom. The molecule has 3 unspecified atom stereocenters. The molecule has 94 valence electrons. The lowest BCUT2D eigenvalue weighted by Crippen LogP contribution is -2.51. The monoisotopic (exact) mass is 256 g/mol. The maximum absolute atomic E-state index is 13.3. The van der Waals surface area contributed by atoms with E-state index in [1.807, 2.05) is 6.07 Å². The maximum Gasteiger partial charge on any atom is 0.126 e. The number of piperidine rings is 1. The van der Waals surface area contributed by atoms with Gasteiger partial charge in [-0.15, -0.1) is 0 Å². The van der Waals surface area contributed by atoms with E-state index in [2.05, 4.69) is 18.7 Å². The van der Waals surface area contributed by atoms with E-state index < -0.39 is 0 Å². The molecule has 0 aromatic heterocycles. The predicted molar refractivity (Wildman–Crippen MR) is 70.0 cm³/mol. The third-order valence-corrected chi connectivity index (χ3v) is 4.03. The van der Waals surface area contributed by atoms with Crippen LogP contribution in [0.3, 0.4) is 0 Å². The van der Waals surface area contributed by atoms with Gasteiger partial charge in [0.2, 0.25) is 0 Å². The van der Waals surface area contributed by atoms with E-state index in [-0.39, 0.29) is 11.9 Å². The molecule has 1 aliphatic heterocycles. The number of hydrogen-bond donors (Lipinski definition) is 1. The zero-order valence-corrected chi connectivity index (χ0v) is 10.9.